The van der Waals surface area contributed by atoms with Crippen LogP contribution in [0.15, 0.2) is 54.6 Å². The van der Waals surface area contributed by atoms with E-state index in [1.807, 2.05) is 0 Å². The van der Waals surface area contributed by atoms with Gasteiger partial charge in [0.15, 0.2) is 6.04 Å². The second-order valence-corrected chi connectivity index (χ2v) is 6.72. The minimum Gasteiger partial charge on any atom is -0.327 e. The highest BCUT2D eigenvalue weighted by molar-refractivity contribution is 6.21. The van der Waals surface area contributed by atoms with Crippen molar-refractivity contribution >= 4 is 23.7 Å². The first-order valence-electron chi connectivity index (χ1n) is 9.12. The van der Waals surface area contributed by atoms with Crippen molar-refractivity contribution in [3.8, 4) is 0 Å². The van der Waals surface area contributed by atoms with Crippen molar-refractivity contribution in [2.24, 2.45) is 0 Å². The molecule has 142 valence electrons. The van der Waals surface area contributed by atoms with Crippen LogP contribution in [0.1, 0.15) is 51.6 Å². The highest BCUT2D eigenvalue weighted by atomic mass is 16.7. The third-order valence-electron chi connectivity index (χ3n) is 4.95. The number of carbonyl (C=O) groups is 4. The highest BCUT2D eigenvalue weighted by Crippen LogP contribution is 2.29. The molecule has 2 aliphatic rings. The summed E-state index contributed by atoms with van der Waals surface area (Å²) >= 11 is 0. The SMILES string of the molecule is O=C(ON1C(=O)c2ccccc2C1=O)C(c1ccccc1)N1CCCCC1=O. The standard InChI is InChI=1S/C21H18N2O5/c24-17-12-6-7-13-22(17)18(14-8-2-1-3-9-14)21(27)28-23-19(25)15-10-4-5-11-16(15)20(23)26/h1-5,8-11,18H,6-7,12-13H2. The van der Waals surface area contributed by atoms with Crippen molar-refractivity contribution < 1.29 is 24.0 Å². The number of likely N-dealkylation sites (tertiary alicyclic amines) is 1. The first-order chi connectivity index (χ1) is 13.6. The van der Waals surface area contributed by atoms with Crippen LogP contribution < -0.4 is 0 Å². The van der Waals surface area contributed by atoms with Crippen molar-refractivity contribution in [3.63, 3.8) is 0 Å². The monoisotopic (exact) mass is 378 g/mol. The van der Waals surface area contributed by atoms with Crippen molar-refractivity contribution in [2.45, 2.75) is 25.3 Å². The molecule has 2 aromatic carbocycles. The fourth-order valence-corrected chi connectivity index (χ4v) is 3.57. The van der Waals surface area contributed by atoms with Gasteiger partial charge < -0.3 is 9.74 Å². The summed E-state index contributed by atoms with van der Waals surface area (Å²) in [6.45, 7) is 0.412. The Balaban J connectivity index is 1.63. The second kappa shape index (κ2) is 7.26. The summed E-state index contributed by atoms with van der Waals surface area (Å²) in [5.41, 5.74) is 0.940. The van der Waals surface area contributed by atoms with E-state index >= 15 is 0 Å². The number of carbonyl (C=O) groups excluding carboxylic acids is 4. The average molecular weight is 378 g/mol. The molecule has 0 spiro atoms. The Labute approximate surface area is 161 Å². The van der Waals surface area contributed by atoms with E-state index in [0.29, 0.717) is 23.6 Å². The molecule has 0 bridgehead atoms. The Morgan fingerprint density at radius 2 is 1.46 bits per heavy atom. The van der Waals surface area contributed by atoms with Gasteiger partial charge in [-0.25, -0.2) is 4.79 Å². The van der Waals surface area contributed by atoms with Crippen LogP contribution in [0.3, 0.4) is 0 Å². The highest BCUT2D eigenvalue weighted by Gasteiger charge is 2.42. The lowest BCUT2D eigenvalue weighted by Gasteiger charge is -2.33. The third-order valence-corrected chi connectivity index (χ3v) is 4.95. The van der Waals surface area contributed by atoms with Crippen LogP contribution in [-0.4, -0.2) is 40.2 Å². The van der Waals surface area contributed by atoms with Crippen LogP contribution in [0, 0.1) is 0 Å². The number of rotatable bonds is 4. The minimum atomic E-state index is -1.02. The number of hydrogen-bond acceptors (Lipinski definition) is 5. The summed E-state index contributed by atoms with van der Waals surface area (Å²) in [5.74, 6) is -2.37. The molecule has 1 saturated heterocycles. The lowest BCUT2D eigenvalue weighted by Crippen LogP contribution is -2.45. The van der Waals surface area contributed by atoms with E-state index in [2.05, 4.69) is 0 Å². The zero-order chi connectivity index (χ0) is 19.7. The van der Waals surface area contributed by atoms with Crippen LogP contribution in [0.25, 0.3) is 0 Å². The Morgan fingerprint density at radius 3 is 2.07 bits per heavy atom. The number of fused-ring (bicyclic) bond motifs is 1. The molecule has 2 aromatic rings. The molecule has 4 rings (SSSR count). The van der Waals surface area contributed by atoms with E-state index in [0.717, 1.165) is 12.8 Å². The Morgan fingerprint density at radius 1 is 0.857 bits per heavy atom. The summed E-state index contributed by atoms with van der Waals surface area (Å²) in [7, 11) is 0. The van der Waals surface area contributed by atoms with Crippen molar-refractivity contribution in [2.75, 3.05) is 6.54 Å². The van der Waals surface area contributed by atoms with Crippen LogP contribution in [-0.2, 0) is 14.4 Å². The first kappa shape index (κ1) is 17.9. The lowest BCUT2D eigenvalue weighted by molar-refractivity contribution is -0.178. The average Bonchev–Trinajstić information content (AvgIpc) is 2.96. The van der Waals surface area contributed by atoms with E-state index in [-0.39, 0.29) is 17.0 Å². The predicted molar refractivity (Wildman–Crippen MR) is 97.8 cm³/mol. The molecular formula is C21H18N2O5. The van der Waals surface area contributed by atoms with Gasteiger partial charge in [-0.15, -0.1) is 0 Å². The molecule has 2 heterocycles. The number of imide groups is 1. The van der Waals surface area contributed by atoms with E-state index in [1.165, 1.54) is 17.0 Å². The van der Waals surface area contributed by atoms with Crippen LogP contribution >= 0.6 is 0 Å². The molecule has 28 heavy (non-hydrogen) atoms. The number of piperidine rings is 1. The molecule has 1 unspecified atom stereocenters. The van der Waals surface area contributed by atoms with E-state index < -0.39 is 23.8 Å². The summed E-state index contributed by atoms with van der Waals surface area (Å²) in [6.07, 6.45) is 1.89. The smallest absolute Gasteiger partial charge is 0.327 e. The van der Waals surface area contributed by atoms with E-state index in [4.69, 9.17) is 4.84 Å². The fraction of sp³-hybridized carbons (Fsp3) is 0.238. The van der Waals surface area contributed by atoms with Crippen LogP contribution in [0.2, 0.25) is 0 Å². The van der Waals surface area contributed by atoms with Gasteiger partial charge in [0.2, 0.25) is 5.91 Å². The van der Waals surface area contributed by atoms with Gasteiger partial charge >= 0.3 is 5.97 Å². The maximum Gasteiger partial charge on any atom is 0.360 e. The van der Waals surface area contributed by atoms with Gasteiger partial charge in [0.1, 0.15) is 0 Å². The van der Waals surface area contributed by atoms with Gasteiger partial charge in [-0.05, 0) is 30.5 Å². The summed E-state index contributed by atoms with van der Waals surface area (Å²) in [6, 6.07) is 14.0. The molecule has 7 nitrogen and oxygen atoms in total. The number of hydrogen-bond donors (Lipinski definition) is 0. The third kappa shape index (κ3) is 3.05. The van der Waals surface area contributed by atoms with Crippen LogP contribution in [0.5, 0.6) is 0 Å². The predicted octanol–water partition coefficient (Wildman–Crippen LogP) is 2.49. The van der Waals surface area contributed by atoms with Crippen molar-refractivity contribution in [3.05, 3.63) is 71.3 Å². The maximum atomic E-state index is 13.0. The Kier molecular flexibility index (Phi) is 4.65. The molecule has 1 atom stereocenters. The quantitative estimate of drug-likeness (QED) is 0.764. The Bertz CT molecular complexity index is 921. The summed E-state index contributed by atoms with van der Waals surface area (Å²) < 4.78 is 0. The zero-order valence-corrected chi connectivity index (χ0v) is 15.0. The molecule has 7 heteroatoms. The molecule has 0 N–H and O–H groups in total. The van der Waals surface area contributed by atoms with Gasteiger partial charge in [0, 0.05) is 13.0 Å². The first-order valence-corrected chi connectivity index (χ1v) is 9.12. The molecule has 0 saturated carbocycles. The van der Waals surface area contributed by atoms with Gasteiger partial charge in [0.05, 0.1) is 11.1 Å². The van der Waals surface area contributed by atoms with Gasteiger partial charge in [-0.3, -0.25) is 14.4 Å². The van der Waals surface area contributed by atoms with E-state index in [1.54, 1.807) is 42.5 Å². The molecule has 0 aromatic heterocycles. The molecule has 1 fully saturated rings. The van der Waals surface area contributed by atoms with Gasteiger partial charge in [0.25, 0.3) is 11.8 Å². The summed E-state index contributed by atoms with van der Waals surface area (Å²) in [4.78, 5) is 57.1. The van der Waals surface area contributed by atoms with E-state index in [9.17, 15) is 19.2 Å². The normalized spacial score (nSPS) is 17.5. The zero-order valence-electron chi connectivity index (χ0n) is 15.0. The van der Waals surface area contributed by atoms with Gasteiger partial charge in [-0.1, -0.05) is 47.5 Å². The molecule has 0 radical (unpaired) electrons. The van der Waals surface area contributed by atoms with Crippen LogP contribution in [0.4, 0.5) is 0 Å². The van der Waals surface area contributed by atoms with Gasteiger partial charge in [-0.2, -0.15) is 0 Å². The number of benzene rings is 2. The minimum absolute atomic E-state index is 0.153. The lowest BCUT2D eigenvalue weighted by atomic mass is 10.0. The second-order valence-electron chi connectivity index (χ2n) is 6.72. The molecule has 3 amide bonds. The Hall–Kier alpha value is -3.48. The fourth-order valence-electron chi connectivity index (χ4n) is 3.57. The number of amides is 3. The summed E-state index contributed by atoms with van der Waals surface area (Å²) in [5, 5.41) is 0.483. The largest absolute Gasteiger partial charge is 0.360 e. The maximum absolute atomic E-state index is 13.0. The number of hydroxylamine groups is 2. The topological polar surface area (TPSA) is 84.0 Å². The van der Waals surface area contributed by atoms with Crippen molar-refractivity contribution in [1.29, 1.82) is 0 Å². The molecule has 2 aliphatic heterocycles. The van der Waals surface area contributed by atoms with Crippen molar-refractivity contribution in [1.82, 2.24) is 9.96 Å². The molecule has 0 aliphatic carbocycles. The molecular weight excluding hydrogens is 360 g/mol. The number of nitrogens with zero attached hydrogens (tertiary/aromatic N) is 2.